The summed E-state index contributed by atoms with van der Waals surface area (Å²) in [7, 11) is 0. The van der Waals surface area contributed by atoms with E-state index in [1.54, 1.807) is 23.1 Å². The molecule has 0 unspecified atom stereocenters. The van der Waals surface area contributed by atoms with Crippen LogP contribution in [-0.2, 0) is 4.79 Å². The number of nitrogens with zero attached hydrogens (tertiary/aromatic N) is 3. The number of benzene rings is 1. The van der Waals surface area contributed by atoms with Gasteiger partial charge in [-0.3, -0.25) is 4.79 Å². The molecule has 1 amide bonds. The molecule has 1 aromatic heterocycles. The molecular weight excluding hydrogens is 277 g/mol. The van der Waals surface area contributed by atoms with E-state index in [0.717, 1.165) is 5.69 Å². The SMILES string of the molecule is Cl.Cl.NCC(=O)Nc1ccc(-n2cncn2)cc1. The number of hydrogen-bond donors (Lipinski definition) is 2. The van der Waals surface area contributed by atoms with E-state index < -0.39 is 0 Å². The van der Waals surface area contributed by atoms with E-state index in [4.69, 9.17) is 5.73 Å². The summed E-state index contributed by atoms with van der Waals surface area (Å²) in [5.41, 5.74) is 6.78. The van der Waals surface area contributed by atoms with Gasteiger partial charge in [0, 0.05) is 5.69 Å². The molecular formula is C10H13Cl2N5O. The number of aromatic nitrogens is 3. The van der Waals surface area contributed by atoms with Crippen molar-refractivity contribution in [1.29, 1.82) is 0 Å². The van der Waals surface area contributed by atoms with Gasteiger partial charge in [0.15, 0.2) is 0 Å². The quantitative estimate of drug-likeness (QED) is 0.883. The maximum absolute atomic E-state index is 11.0. The van der Waals surface area contributed by atoms with Crippen molar-refractivity contribution < 1.29 is 4.79 Å². The molecule has 6 nitrogen and oxygen atoms in total. The van der Waals surface area contributed by atoms with Crippen molar-refractivity contribution in [3.63, 3.8) is 0 Å². The van der Waals surface area contributed by atoms with Crippen LogP contribution in [0.1, 0.15) is 0 Å². The second-order valence-corrected chi connectivity index (χ2v) is 3.14. The molecule has 3 N–H and O–H groups in total. The number of halogens is 2. The highest BCUT2D eigenvalue weighted by Crippen LogP contribution is 2.11. The van der Waals surface area contributed by atoms with Crippen LogP contribution in [0.5, 0.6) is 0 Å². The van der Waals surface area contributed by atoms with Crippen LogP contribution in [0.4, 0.5) is 5.69 Å². The van der Waals surface area contributed by atoms with Crippen molar-refractivity contribution in [3.05, 3.63) is 36.9 Å². The zero-order valence-corrected chi connectivity index (χ0v) is 10.9. The predicted molar refractivity (Wildman–Crippen MR) is 73.5 cm³/mol. The van der Waals surface area contributed by atoms with Crippen molar-refractivity contribution in [2.75, 3.05) is 11.9 Å². The van der Waals surface area contributed by atoms with E-state index in [1.165, 1.54) is 6.33 Å². The summed E-state index contributed by atoms with van der Waals surface area (Å²) in [6.45, 7) is -0.0230. The Labute approximate surface area is 116 Å². The molecule has 0 saturated heterocycles. The van der Waals surface area contributed by atoms with Crippen molar-refractivity contribution in [3.8, 4) is 5.69 Å². The van der Waals surface area contributed by atoms with Crippen molar-refractivity contribution in [1.82, 2.24) is 14.8 Å². The van der Waals surface area contributed by atoms with Crippen LogP contribution < -0.4 is 11.1 Å². The number of hydrogen-bond acceptors (Lipinski definition) is 4. The van der Waals surface area contributed by atoms with Crippen molar-refractivity contribution >= 4 is 36.4 Å². The van der Waals surface area contributed by atoms with Gasteiger partial charge in [-0.2, -0.15) is 5.10 Å². The molecule has 18 heavy (non-hydrogen) atoms. The number of nitrogens with two attached hydrogens (primary N) is 1. The highest BCUT2D eigenvalue weighted by atomic mass is 35.5. The number of anilines is 1. The lowest BCUT2D eigenvalue weighted by molar-refractivity contribution is -0.114. The molecule has 1 aromatic carbocycles. The van der Waals surface area contributed by atoms with Crippen LogP contribution in [0, 0.1) is 0 Å². The largest absolute Gasteiger partial charge is 0.325 e. The number of nitrogens with one attached hydrogen (secondary N) is 1. The minimum absolute atomic E-state index is 0. The zero-order valence-electron chi connectivity index (χ0n) is 9.31. The molecule has 0 aliphatic carbocycles. The fourth-order valence-corrected chi connectivity index (χ4v) is 1.25. The Balaban J connectivity index is 0.00000144. The van der Waals surface area contributed by atoms with E-state index in [2.05, 4.69) is 15.4 Å². The summed E-state index contributed by atoms with van der Waals surface area (Å²) in [6, 6.07) is 7.23. The predicted octanol–water partition coefficient (Wildman–Crippen LogP) is 1.01. The molecule has 0 atom stereocenters. The van der Waals surface area contributed by atoms with Gasteiger partial charge in [0.05, 0.1) is 12.2 Å². The molecule has 0 aliphatic heterocycles. The number of rotatable bonds is 3. The lowest BCUT2D eigenvalue weighted by Gasteiger charge is -2.04. The fourth-order valence-electron chi connectivity index (χ4n) is 1.25. The molecule has 8 heteroatoms. The summed E-state index contributed by atoms with van der Waals surface area (Å²) in [4.78, 5) is 14.9. The van der Waals surface area contributed by atoms with Gasteiger partial charge in [0.2, 0.25) is 5.91 Å². The second-order valence-electron chi connectivity index (χ2n) is 3.14. The van der Waals surface area contributed by atoms with Gasteiger partial charge in [-0.25, -0.2) is 9.67 Å². The minimum atomic E-state index is -0.214. The van der Waals surface area contributed by atoms with Crippen LogP contribution in [0.25, 0.3) is 5.69 Å². The van der Waals surface area contributed by atoms with Crippen LogP contribution in [0.2, 0.25) is 0 Å². The van der Waals surface area contributed by atoms with Crippen molar-refractivity contribution in [2.24, 2.45) is 5.73 Å². The molecule has 0 fully saturated rings. The zero-order chi connectivity index (χ0) is 11.4. The van der Waals surface area contributed by atoms with Gasteiger partial charge in [0.1, 0.15) is 12.7 Å². The van der Waals surface area contributed by atoms with Crippen LogP contribution in [-0.4, -0.2) is 27.2 Å². The second kappa shape index (κ2) is 7.65. The Hall–Kier alpha value is -1.63. The summed E-state index contributed by atoms with van der Waals surface area (Å²) in [6.07, 6.45) is 3.07. The third-order valence-corrected chi connectivity index (χ3v) is 2.02. The average molecular weight is 290 g/mol. The summed E-state index contributed by atoms with van der Waals surface area (Å²) < 4.78 is 1.63. The van der Waals surface area contributed by atoms with Gasteiger partial charge in [-0.15, -0.1) is 24.8 Å². The molecule has 2 rings (SSSR count). The van der Waals surface area contributed by atoms with Crippen molar-refractivity contribution in [2.45, 2.75) is 0 Å². The van der Waals surface area contributed by atoms with Gasteiger partial charge in [0.25, 0.3) is 0 Å². The van der Waals surface area contributed by atoms with E-state index in [1.807, 2.05) is 12.1 Å². The fraction of sp³-hybridized carbons (Fsp3) is 0.100. The first-order valence-corrected chi connectivity index (χ1v) is 4.74. The Morgan fingerprint density at radius 1 is 1.28 bits per heavy atom. The van der Waals surface area contributed by atoms with Gasteiger partial charge in [-0.1, -0.05) is 0 Å². The normalized spacial score (nSPS) is 8.94. The third-order valence-electron chi connectivity index (χ3n) is 2.02. The maximum atomic E-state index is 11.0. The molecule has 0 radical (unpaired) electrons. The smallest absolute Gasteiger partial charge is 0.238 e. The van der Waals surface area contributed by atoms with Gasteiger partial charge in [-0.05, 0) is 24.3 Å². The first-order chi connectivity index (χ1) is 7.79. The number of carbonyl (C=O) groups is 1. The molecule has 1 heterocycles. The van der Waals surface area contributed by atoms with E-state index in [0.29, 0.717) is 5.69 Å². The van der Waals surface area contributed by atoms with E-state index in [-0.39, 0.29) is 37.3 Å². The van der Waals surface area contributed by atoms with E-state index >= 15 is 0 Å². The Bertz CT molecular complexity index is 472. The topological polar surface area (TPSA) is 85.8 Å². The highest BCUT2D eigenvalue weighted by molar-refractivity contribution is 5.92. The monoisotopic (exact) mass is 289 g/mol. The first kappa shape index (κ1) is 16.4. The third kappa shape index (κ3) is 3.99. The summed E-state index contributed by atoms with van der Waals surface area (Å²) in [5, 5.41) is 6.65. The molecule has 98 valence electrons. The van der Waals surface area contributed by atoms with Crippen LogP contribution in [0.3, 0.4) is 0 Å². The lowest BCUT2D eigenvalue weighted by Crippen LogP contribution is -2.21. The maximum Gasteiger partial charge on any atom is 0.238 e. The summed E-state index contributed by atoms with van der Waals surface area (Å²) >= 11 is 0. The Morgan fingerprint density at radius 2 is 1.94 bits per heavy atom. The molecule has 0 aliphatic rings. The van der Waals surface area contributed by atoms with Gasteiger partial charge < -0.3 is 11.1 Å². The van der Waals surface area contributed by atoms with Crippen LogP contribution in [0.15, 0.2) is 36.9 Å². The molecule has 0 bridgehead atoms. The highest BCUT2D eigenvalue weighted by Gasteiger charge is 2.00. The van der Waals surface area contributed by atoms with Gasteiger partial charge >= 0.3 is 0 Å². The Morgan fingerprint density at radius 3 is 2.44 bits per heavy atom. The standard InChI is InChI=1S/C10H11N5O.2ClH/c11-5-10(16)14-8-1-3-9(4-2-8)15-7-12-6-13-15;;/h1-4,6-7H,5,11H2,(H,14,16);2*1H. The number of amides is 1. The average Bonchev–Trinajstić information content (AvgIpc) is 2.83. The minimum Gasteiger partial charge on any atom is -0.325 e. The molecule has 0 saturated carbocycles. The van der Waals surface area contributed by atoms with Crippen LogP contribution >= 0.6 is 24.8 Å². The molecule has 2 aromatic rings. The summed E-state index contributed by atoms with van der Waals surface area (Å²) in [5.74, 6) is -0.214. The molecule has 0 spiro atoms. The first-order valence-electron chi connectivity index (χ1n) is 4.74. The lowest BCUT2D eigenvalue weighted by atomic mass is 10.3. The Kier molecular flexibility index (Phi) is 6.96. The number of carbonyl (C=O) groups excluding carboxylic acids is 1. The van der Waals surface area contributed by atoms with E-state index in [9.17, 15) is 4.79 Å².